The summed E-state index contributed by atoms with van der Waals surface area (Å²) < 4.78 is 14.1. The van der Waals surface area contributed by atoms with Crippen molar-refractivity contribution in [2.45, 2.75) is 61.3 Å². The summed E-state index contributed by atoms with van der Waals surface area (Å²) in [7, 11) is 0. The van der Waals surface area contributed by atoms with Gasteiger partial charge in [-0.05, 0) is 82.1 Å². The van der Waals surface area contributed by atoms with Gasteiger partial charge < -0.3 is 15.5 Å². The first kappa shape index (κ1) is 29.2. The third kappa shape index (κ3) is 7.26. The molecule has 0 radical (unpaired) electrons. The predicted molar refractivity (Wildman–Crippen MR) is 148 cm³/mol. The van der Waals surface area contributed by atoms with Crippen molar-refractivity contribution in [1.29, 1.82) is 0 Å². The van der Waals surface area contributed by atoms with Crippen molar-refractivity contribution >= 4 is 23.1 Å². The number of anilines is 1. The van der Waals surface area contributed by atoms with E-state index in [1.807, 2.05) is 26.8 Å². The molecule has 1 atom stereocenters. The van der Waals surface area contributed by atoms with E-state index in [4.69, 9.17) is 0 Å². The van der Waals surface area contributed by atoms with E-state index in [2.05, 4.69) is 55.4 Å². The molecule has 0 aliphatic carbocycles. The Labute approximate surface area is 216 Å². The average molecular weight is 496 g/mol. The first-order valence-electron chi connectivity index (χ1n) is 13.1. The molecule has 1 heterocycles. The Kier molecular flexibility index (Phi) is 11.3. The SMILES string of the molecule is CCC=CC(CC)C(C=C1C(=O)Nc2ccc(F)cc21)=C(C)C(C(=O)NCCN(CC)CC)=C(C)C. The number of fused-ring (bicyclic) bond motifs is 1. The molecule has 2 amide bonds. The summed E-state index contributed by atoms with van der Waals surface area (Å²) in [5.74, 6) is -0.778. The Balaban J connectivity index is 2.59. The van der Waals surface area contributed by atoms with Crippen LogP contribution in [0.5, 0.6) is 0 Å². The van der Waals surface area contributed by atoms with E-state index in [0.717, 1.165) is 49.2 Å². The second-order valence-electron chi connectivity index (χ2n) is 9.29. The number of carbonyl (C=O) groups is 2. The number of halogens is 1. The minimum absolute atomic E-state index is 0.000633. The summed E-state index contributed by atoms with van der Waals surface area (Å²) in [4.78, 5) is 28.5. The largest absolute Gasteiger partial charge is 0.351 e. The fraction of sp³-hybridized carbons (Fsp3) is 0.467. The predicted octanol–water partition coefficient (Wildman–Crippen LogP) is 6.26. The first-order valence-corrected chi connectivity index (χ1v) is 13.1. The van der Waals surface area contributed by atoms with E-state index in [0.29, 0.717) is 28.9 Å². The third-order valence-corrected chi connectivity index (χ3v) is 6.65. The molecular weight excluding hydrogens is 453 g/mol. The molecule has 0 spiro atoms. The van der Waals surface area contributed by atoms with Crippen LogP contribution in [0.25, 0.3) is 5.57 Å². The molecule has 1 unspecified atom stereocenters. The number of hydrogen-bond acceptors (Lipinski definition) is 3. The summed E-state index contributed by atoms with van der Waals surface area (Å²) >= 11 is 0. The highest BCUT2D eigenvalue weighted by atomic mass is 19.1. The number of amides is 2. The molecule has 1 aromatic carbocycles. The highest BCUT2D eigenvalue weighted by molar-refractivity contribution is 6.31. The number of allylic oxidation sites excluding steroid dienone is 5. The molecule has 0 bridgehead atoms. The Bertz CT molecular complexity index is 1070. The molecule has 1 aliphatic heterocycles. The monoisotopic (exact) mass is 495 g/mol. The summed E-state index contributed by atoms with van der Waals surface area (Å²) in [6, 6.07) is 4.31. The number of benzene rings is 1. The van der Waals surface area contributed by atoms with Gasteiger partial charge in [0.05, 0.1) is 0 Å². The van der Waals surface area contributed by atoms with Crippen LogP contribution in [0.3, 0.4) is 0 Å². The number of carbonyl (C=O) groups excluding carboxylic acids is 2. The number of rotatable bonds is 12. The summed E-state index contributed by atoms with van der Waals surface area (Å²) in [5.41, 5.74) is 4.80. The van der Waals surface area contributed by atoms with Crippen molar-refractivity contribution in [1.82, 2.24) is 10.2 Å². The van der Waals surface area contributed by atoms with E-state index in [1.54, 1.807) is 6.07 Å². The van der Waals surface area contributed by atoms with Crippen LogP contribution in [0.4, 0.5) is 10.1 Å². The summed E-state index contributed by atoms with van der Waals surface area (Å²) in [6.45, 7) is 17.4. The molecule has 6 heteroatoms. The van der Waals surface area contributed by atoms with Crippen molar-refractivity contribution in [2.75, 3.05) is 31.5 Å². The van der Waals surface area contributed by atoms with Crippen LogP contribution < -0.4 is 10.6 Å². The summed E-state index contributed by atoms with van der Waals surface area (Å²) in [6.07, 6.45) is 7.76. The standard InChI is InChI=1S/C30H42FN3O2/c1-8-12-13-22(9-2)24(19-26-25-18-23(31)14-15-27(25)33-29(26)35)21(7)28(20(5)6)30(36)32-16-17-34(10-3)11-4/h12-15,18-19,22H,8-11,16-17H2,1-7H3,(H,32,36)(H,33,35). The van der Waals surface area contributed by atoms with E-state index >= 15 is 0 Å². The molecule has 0 fully saturated rings. The lowest BCUT2D eigenvalue weighted by atomic mass is 9.85. The van der Waals surface area contributed by atoms with Gasteiger partial charge in [-0.2, -0.15) is 0 Å². The molecule has 196 valence electrons. The maximum Gasteiger partial charge on any atom is 0.256 e. The van der Waals surface area contributed by atoms with Gasteiger partial charge in [-0.3, -0.25) is 9.59 Å². The highest BCUT2D eigenvalue weighted by Crippen LogP contribution is 2.36. The van der Waals surface area contributed by atoms with E-state index in [9.17, 15) is 14.0 Å². The lowest BCUT2D eigenvalue weighted by molar-refractivity contribution is -0.117. The lowest BCUT2D eigenvalue weighted by Gasteiger charge is -2.21. The number of hydrogen-bond donors (Lipinski definition) is 2. The molecule has 2 N–H and O–H groups in total. The van der Waals surface area contributed by atoms with E-state index in [-0.39, 0.29) is 17.7 Å². The van der Waals surface area contributed by atoms with Gasteiger partial charge in [-0.15, -0.1) is 0 Å². The molecule has 0 aromatic heterocycles. The van der Waals surface area contributed by atoms with Crippen LogP contribution in [0, 0.1) is 11.7 Å². The van der Waals surface area contributed by atoms with Gasteiger partial charge in [0.25, 0.3) is 11.8 Å². The molecule has 1 aliphatic rings. The van der Waals surface area contributed by atoms with Gasteiger partial charge >= 0.3 is 0 Å². The van der Waals surface area contributed by atoms with Crippen molar-refractivity contribution in [3.8, 4) is 0 Å². The van der Waals surface area contributed by atoms with E-state index < -0.39 is 5.82 Å². The van der Waals surface area contributed by atoms with Crippen molar-refractivity contribution in [3.05, 3.63) is 70.1 Å². The molecule has 5 nitrogen and oxygen atoms in total. The second-order valence-corrected chi connectivity index (χ2v) is 9.29. The van der Waals surface area contributed by atoms with Gasteiger partial charge in [-0.25, -0.2) is 4.39 Å². The fourth-order valence-electron chi connectivity index (χ4n) is 4.58. The van der Waals surface area contributed by atoms with Gasteiger partial charge in [0, 0.05) is 41.4 Å². The molecule has 36 heavy (non-hydrogen) atoms. The lowest BCUT2D eigenvalue weighted by Crippen LogP contribution is -2.35. The van der Waals surface area contributed by atoms with Gasteiger partial charge in [0.2, 0.25) is 0 Å². The van der Waals surface area contributed by atoms with Crippen LogP contribution >= 0.6 is 0 Å². The topological polar surface area (TPSA) is 61.4 Å². The zero-order chi connectivity index (χ0) is 26.8. The normalized spacial score (nSPS) is 15.7. The summed E-state index contributed by atoms with van der Waals surface area (Å²) in [5, 5.41) is 5.92. The third-order valence-electron chi connectivity index (χ3n) is 6.65. The van der Waals surface area contributed by atoms with Crippen LogP contribution in [-0.2, 0) is 9.59 Å². The Hall–Kier alpha value is -2.99. The smallest absolute Gasteiger partial charge is 0.256 e. The van der Waals surface area contributed by atoms with E-state index in [1.165, 1.54) is 12.1 Å². The highest BCUT2D eigenvalue weighted by Gasteiger charge is 2.27. The Morgan fingerprint density at radius 2 is 1.83 bits per heavy atom. The minimum atomic E-state index is -0.395. The van der Waals surface area contributed by atoms with Crippen molar-refractivity contribution < 1.29 is 14.0 Å². The number of likely N-dealkylation sites (N-methyl/N-ethyl adjacent to an activating group) is 1. The molecule has 1 aromatic rings. The van der Waals surface area contributed by atoms with Gasteiger partial charge in [0.1, 0.15) is 5.82 Å². The minimum Gasteiger partial charge on any atom is -0.351 e. The van der Waals surface area contributed by atoms with Crippen molar-refractivity contribution in [2.24, 2.45) is 5.92 Å². The fourth-order valence-corrected chi connectivity index (χ4v) is 4.58. The quantitative estimate of drug-likeness (QED) is 0.204. The zero-order valence-electron chi connectivity index (χ0n) is 22.9. The molecular formula is C30H42FN3O2. The van der Waals surface area contributed by atoms with Crippen molar-refractivity contribution in [3.63, 3.8) is 0 Å². The van der Waals surface area contributed by atoms with Crippen LogP contribution in [0.1, 0.15) is 66.9 Å². The zero-order valence-corrected chi connectivity index (χ0v) is 22.9. The Morgan fingerprint density at radius 3 is 2.42 bits per heavy atom. The number of nitrogens with zero attached hydrogens (tertiary/aromatic N) is 1. The maximum atomic E-state index is 14.1. The second kappa shape index (κ2) is 13.9. The van der Waals surface area contributed by atoms with Crippen LogP contribution in [0.2, 0.25) is 0 Å². The van der Waals surface area contributed by atoms with Crippen LogP contribution in [-0.4, -0.2) is 42.9 Å². The van der Waals surface area contributed by atoms with Crippen LogP contribution in [0.15, 0.2) is 58.7 Å². The van der Waals surface area contributed by atoms with Gasteiger partial charge in [-0.1, -0.05) is 45.4 Å². The molecule has 0 saturated carbocycles. The maximum absolute atomic E-state index is 14.1. The average Bonchev–Trinajstić information content (AvgIpc) is 3.15. The Morgan fingerprint density at radius 1 is 1.14 bits per heavy atom. The molecule has 0 saturated heterocycles. The first-order chi connectivity index (χ1) is 17.2. The molecule has 2 rings (SSSR count). The van der Waals surface area contributed by atoms with Gasteiger partial charge in [0.15, 0.2) is 0 Å². The number of nitrogens with one attached hydrogen (secondary N) is 2.